The lowest BCUT2D eigenvalue weighted by atomic mass is 10.3. The van der Waals surface area contributed by atoms with Gasteiger partial charge in [0.1, 0.15) is 0 Å². The van der Waals surface area contributed by atoms with E-state index in [0.29, 0.717) is 5.95 Å². The molecule has 0 unspecified atom stereocenters. The van der Waals surface area contributed by atoms with Gasteiger partial charge in [-0.2, -0.15) is 0 Å². The van der Waals surface area contributed by atoms with Crippen LogP contribution in [0.1, 0.15) is 0 Å². The monoisotopic (exact) mass is 302 g/mol. The normalized spacial score (nSPS) is 10.7. The minimum absolute atomic E-state index is 0.702. The van der Waals surface area contributed by atoms with Gasteiger partial charge < -0.3 is 16.0 Å². The first-order valence-electron chi connectivity index (χ1n) is 5.48. The third kappa shape index (κ3) is 2.17. The molecule has 0 amide bonds. The Balaban J connectivity index is 1.95. The molecule has 3 aromatic rings. The van der Waals surface area contributed by atoms with Gasteiger partial charge in [-0.15, -0.1) is 0 Å². The lowest BCUT2D eigenvalue weighted by Gasteiger charge is -2.02. The largest absolute Gasteiger partial charge is 0.399 e. The fourth-order valence-electron chi connectivity index (χ4n) is 1.79. The Kier molecular flexibility index (Phi) is 2.68. The van der Waals surface area contributed by atoms with Crippen molar-refractivity contribution in [3.63, 3.8) is 0 Å². The van der Waals surface area contributed by atoms with Crippen LogP contribution in [0, 0.1) is 0 Å². The van der Waals surface area contributed by atoms with Gasteiger partial charge in [0.05, 0.1) is 11.0 Å². The molecule has 0 spiro atoms. The Morgan fingerprint density at radius 3 is 2.89 bits per heavy atom. The number of nitrogens with zero attached hydrogens (tertiary/aromatic N) is 1. The quantitative estimate of drug-likeness (QED) is 0.633. The number of benzene rings is 2. The van der Waals surface area contributed by atoms with Crippen molar-refractivity contribution in [1.29, 1.82) is 0 Å². The molecule has 1 aromatic heterocycles. The first-order valence-corrected chi connectivity index (χ1v) is 6.28. The molecule has 1 heterocycles. The van der Waals surface area contributed by atoms with Crippen LogP contribution in [0.15, 0.2) is 46.9 Å². The van der Waals surface area contributed by atoms with Crippen molar-refractivity contribution in [2.45, 2.75) is 0 Å². The van der Waals surface area contributed by atoms with Gasteiger partial charge in [-0.25, -0.2) is 4.98 Å². The minimum atomic E-state index is 0.702. The fourth-order valence-corrected chi connectivity index (χ4v) is 2.19. The number of imidazole rings is 1. The number of aromatic nitrogens is 2. The van der Waals surface area contributed by atoms with E-state index >= 15 is 0 Å². The molecule has 0 saturated carbocycles. The standard InChI is InChI=1S/C13H11BrN4/c14-8-2-1-3-10(6-8)16-13-17-11-5-4-9(15)7-12(11)18-13/h1-7H,15H2,(H2,16,17,18). The molecule has 18 heavy (non-hydrogen) atoms. The third-order valence-electron chi connectivity index (χ3n) is 2.59. The van der Waals surface area contributed by atoms with Crippen LogP contribution < -0.4 is 11.1 Å². The third-order valence-corrected chi connectivity index (χ3v) is 3.09. The molecule has 0 radical (unpaired) electrons. The Hall–Kier alpha value is -2.01. The Labute approximate surface area is 112 Å². The van der Waals surface area contributed by atoms with Crippen molar-refractivity contribution in [3.05, 3.63) is 46.9 Å². The van der Waals surface area contributed by atoms with Crippen LogP contribution in [0.25, 0.3) is 11.0 Å². The van der Waals surface area contributed by atoms with Crippen molar-refractivity contribution < 1.29 is 0 Å². The van der Waals surface area contributed by atoms with Crippen LogP contribution >= 0.6 is 15.9 Å². The van der Waals surface area contributed by atoms with Gasteiger partial charge in [-0.05, 0) is 36.4 Å². The maximum Gasteiger partial charge on any atom is 0.205 e. The zero-order valence-electron chi connectivity index (χ0n) is 9.44. The second-order valence-corrected chi connectivity index (χ2v) is 4.91. The van der Waals surface area contributed by atoms with Gasteiger partial charge in [0.25, 0.3) is 0 Å². The number of nitrogen functional groups attached to an aromatic ring is 1. The van der Waals surface area contributed by atoms with E-state index < -0.39 is 0 Å². The van der Waals surface area contributed by atoms with Crippen LogP contribution in [0.4, 0.5) is 17.3 Å². The van der Waals surface area contributed by atoms with Crippen LogP contribution in [0.5, 0.6) is 0 Å². The minimum Gasteiger partial charge on any atom is -0.399 e. The number of hydrogen-bond donors (Lipinski definition) is 3. The van der Waals surface area contributed by atoms with E-state index in [2.05, 4.69) is 31.2 Å². The molecular formula is C13H11BrN4. The molecule has 0 fully saturated rings. The number of aromatic amines is 1. The van der Waals surface area contributed by atoms with Gasteiger partial charge in [0, 0.05) is 15.8 Å². The summed E-state index contributed by atoms with van der Waals surface area (Å²) >= 11 is 3.43. The van der Waals surface area contributed by atoms with Crippen LogP contribution in [0.2, 0.25) is 0 Å². The lowest BCUT2D eigenvalue weighted by molar-refractivity contribution is 1.31. The van der Waals surface area contributed by atoms with E-state index in [1.165, 1.54) is 0 Å². The highest BCUT2D eigenvalue weighted by Crippen LogP contribution is 2.22. The van der Waals surface area contributed by atoms with Gasteiger partial charge in [0.15, 0.2) is 0 Å². The zero-order chi connectivity index (χ0) is 12.5. The Bertz CT molecular complexity index is 705. The van der Waals surface area contributed by atoms with E-state index in [-0.39, 0.29) is 0 Å². The van der Waals surface area contributed by atoms with E-state index in [4.69, 9.17) is 5.73 Å². The average Bonchev–Trinajstić information content (AvgIpc) is 2.70. The van der Waals surface area contributed by atoms with Crippen molar-refractivity contribution in [2.75, 3.05) is 11.1 Å². The van der Waals surface area contributed by atoms with Gasteiger partial charge in [-0.3, -0.25) is 0 Å². The molecule has 5 heteroatoms. The maximum absolute atomic E-state index is 5.73. The molecule has 0 bridgehead atoms. The molecule has 90 valence electrons. The summed E-state index contributed by atoms with van der Waals surface area (Å²) in [6.07, 6.45) is 0. The van der Waals surface area contributed by atoms with Gasteiger partial charge in [0.2, 0.25) is 5.95 Å². The summed E-state index contributed by atoms with van der Waals surface area (Å²) in [5, 5.41) is 3.22. The first-order chi connectivity index (χ1) is 8.70. The Morgan fingerprint density at radius 2 is 2.06 bits per heavy atom. The maximum atomic E-state index is 5.73. The summed E-state index contributed by atoms with van der Waals surface area (Å²) in [5.74, 6) is 0.702. The number of hydrogen-bond acceptors (Lipinski definition) is 3. The lowest BCUT2D eigenvalue weighted by Crippen LogP contribution is -1.91. The van der Waals surface area contributed by atoms with Crippen molar-refractivity contribution in [3.8, 4) is 0 Å². The second-order valence-electron chi connectivity index (χ2n) is 4.00. The number of halogens is 1. The number of rotatable bonds is 2. The van der Waals surface area contributed by atoms with E-state index in [1.807, 2.05) is 42.5 Å². The van der Waals surface area contributed by atoms with E-state index in [1.54, 1.807) is 0 Å². The SMILES string of the molecule is Nc1ccc2nc(Nc3cccc(Br)c3)[nH]c2c1. The molecule has 4 nitrogen and oxygen atoms in total. The highest BCUT2D eigenvalue weighted by atomic mass is 79.9. The molecule has 2 aromatic carbocycles. The predicted molar refractivity (Wildman–Crippen MR) is 77.9 cm³/mol. The molecule has 0 atom stereocenters. The molecule has 0 aliphatic rings. The summed E-state index contributed by atoms with van der Waals surface area (Å²) in [5.41, 5.74) is 9.24. The highest BCUT2D eigenvalue weighted by Gasteiger charge is 2.03. The number of H-pyrrole nitrogens is 1. The van der Waals surface area contributed by atoms with Crippen molar-refractivity contribution >= 4 is 44.3 Å². The summed E-state index contributed by atoms with van der Waals surface area (Å²) in [7, 11) is 0. The summed E-state index contributed by atoms with van der Waals surface area (Å²) in [6.45, 7) is 0. The molecule has 0 aliphatic heterocycles. The van der Waals surface area contributed by atoms with E-state index in [0.717, 1.165) is 26.9 Å². The number of fused-ring (bicyclic) bond motifs is 1. The van der Waals surface area contributed by atoms with Crippen LogP contribution in [0.3, 0.4) is 0 Å². The van der Waals surface area contributed by atoms with Crippen molar-refractivity contribution in [2.24, 2.45) is 0 Å². The molecular weight excluding hydrogens is 292 g/mol. The Morgan fingerprint density at radius 1 is 1.17 bits per heavy atom. The molecule has 0 saturated heterocycles. The number of nitrogens with two attached hydrogens (primary N) is 1. The fraction of sp³-hybridized carbons (Fsp3) is 0. The van der Waals surface area contributed by atoms with Gasteiger partial charge >= 0.3 is 0 Å². The highest BCUT2D eigenvalue weighted by molar-refractivity contribution is 9.10. The second kappa shape index (κ2) is 4.34. The molecule has 0 aliphatic carbocycles. The van der Waals surface area contributed by atoms with Crippen LogP contribution in [-0.2, 0) is 0 Å². The van der Waals surface area contributed by atoms with E-state index in [9.17, 15) is 0 Å². The summed E-state index contributed by atoms with van der Waals surface area (Å²) < 4.78 is 1.02. The predicted octanol–water partition coefficient (Wildman–Crippen LogP) is 3.65. The summed E-state index contributed by atoms with van der Waals surface area (Å²) in [6, 6.07) is 13.5. The average molecular weight is 303 g/mol. The number of nitrogens with one attached hydrogen (secondary N) is 2. The summed E-state index contributed by atoms with van der Waals surface area (Å²) in [4.78, 5) is 7.63. The number of anilines is 3. The molecule has 4 N–H and O–H groups in total. The zero-order valence-corrected chi connectivity index (χ0v) is 11.0. The van der Waals surface area contributed by atoms with Crippen LogP contribution in [-0.4, -0.2) is 9.97 Å². The molecule has 3 rings (SSSR count). The smallest absolute Gasteiger partial charge is 0.205 e. The topological polar surface area (TPSA) is 66.7 Å². The van der Waals surface area contributed by atoms with Gasteiger partial charge in [-0.1, -0.05) is 22.0 Å². The first kappa shape index (κ1) is 11.1. The van der Waals surface area contributed by atoms with Crippen molar-refractivity contribution in [1.82, 2.24) is 9.97 Å².